The first kappa shape index (κ1) is 14.8. The molecule has 0 aliphatic carbocycles. The van der Waals surface area contributed by atoms with E-state index in [9.17, 15) is 13.2 Å². The van der Waals surface area contributed by atoms with E-state index in [1.807, 2.05) is 13.8 Å². The van der Waals surface area contributed by atoms with E-state index in [1.165, 1.54) is 12.1 Å². The highest BCUT2D eigenvalue weighted by Gasteiger charge is 2.32. The van der Waals surface area contributed by atoms with Crippen molar-refractivity contribution in [3.05, 3.63) is 29.8 Å². The minimum Gasteiger partial charge on any atom is -0.406 e. The second kappa shape index (κ2) is 6.09. The first-order chi connectivity index (χ1) is 8.28. The molecule has 0 aliphatic heterocycles. The lowest BCUT2D eigenvalue weighted by atomic mass is 9.97. The molecule has 0 heterocycles. The zero-order chi connectivity index (χ0) is 13.8. The molecule has 2 N–H and O–H groups in total. The Morgan fingerprint density at radius 1 is 1.22 bits per heavy atom. The zero-order valence-corrected chi connectivity index (χ0v) is 10.5. The molecule has 0 aliphatic rings. The molecule has 2 nitrogen and oxygen atoms in total. The standard InChI is InChI=1S/C13H18F3NO/c1-9(2)7-11(17)8-10-5-3-4-6-12(10)18-13(14,15)16/h3-6,9,11H,7-8,17H2,1-2H3. The van der Waals surface area contributed by atoms with Gasteiger partial charge in [0, 0.05) is 6.04 Å². The Morgan fingerprint density at radius 2 is 1.83 bits per heavy atom. The van der Waals surface area contributed by atoms with E-state index in [0.29, 0.717) is 17.9 Å². The maximum Gasteiger partial charge on any atom is 0.573 e. The largest absolute Gasteiger partial charge is 0.573 e. The summed E-state index contributed by atoms with van der Waals surface area (Å²) in [6, 6.07) is 5.95. The molecule has 0 radical (unpaired) electrons. The fourth-order valence-electron chi connectivity index (χ4n) is 1.87. The molecule has 1 aromatic rings. The normalized spacial score (nSPS) is 13.7. The fraction of sp³-hybridized carbons (Fsp3) is 0.538. The average Bonchev–Trinajstić information content (AvgIpc) is 2.17. The Hall–Kier alpha value is -1.23. The summed E-state index contributed by atoms with van der Waals surface area (Å²) in [5, 5.41) is 0. The highest BCUT2D eigenvalue weighted by Crippen LogP contribution is 2.27. The smallest absolute Gasteiger partial charge is 0.406 e. The van der Waals surface area contributed by atoms with Crippen molar-refractivity contribution in [1.29, 1.82) is 0 Å². The van der Waals surface area contributed by atoms with Crippen molar-refractivity contribution in [2.75, 3.05) is 0 Å². The predicted octanol–water partition coefficient (Wildman–Crippen LogP) is 3.50. The van der Waals surface area contributed by atoms with Crippen LogP contribution in [-0.2, 0) is 6.42 Å². The van der Waals surface area contributed by atoms with Crippen LogP contribution >= 0.6 is 0 Å². The first-order valence-corrected chi connectivity index (χ1v) is 5.87. The van der Waals surface area contributed by atoms with Crippen LogP contribution in [0.15, 0.2) is 24.3 Å². The second-order valence-corrected chi connectivity index (χ2v) is 4.75. The molecule has 0 bridgehead atoms. The molecule has 0 amide bonds. The lowest BCUT2D eigenvalue weighted by Crippen LogP contribution is -2.26. The number of halogens is 3. The fourth-order valence-corrected chi connectivity index (χ4v) is 1.87. The van der Waals surface area contributed by atoms with Gasteiger partial charge in [-0.15, -0.1) is 13.2 Å². The summed E-state index contributed by atoms with van der Waals surface area (Å²) in [6.07, 6.45) is -3.52. The number of nitrogens with two attached hydrogens (primary N) is 1. The van der Waals surface area contributed by atoms with E-state index in [2.05, 4.69) is 4.74 Å². The molecule has 1 atom stereocenters. The van der Waals surface area contributed by atoms with Crippen LogP contribution in [0.1, 0.15) is 25.8 Å². The van der Waals surface area contributed by atoms with E-state index >= 15 is 0 Å². The van der Waals surface area contributed by atoms with Gasteiger partial charge >= 0.3 is 6.36 Å². The van der Waals surface area contributed by atoms with Gasteiger partial charge in [-0.3, -0.25) is 0 Å². The topological polar surface area (TPSA) is 35.2 Å². The van der Waals surface area contributed by atoms with Crippen LogP contribution in [-0.4, -0.2) is 12.4 Å². The monoisotopic (exact) mass is 261 g/mol. The Balaban J connectivity index is 2.76. The second-order valence-electron chi connectivity index (χ2n) is 4.75. The number of alkyl halides is 3. The van der Waals surface area contributed by atoms with Crippen molar-refractivity contribution < 1.29 is 17.9 Å². The average molecular weight is 261 g/mol. The Labute approximate surface area is 105 Å². The molecule has 0 aromatic heterocycles. The maximum absolute atomic E-state index is 12.2. The quantitative estimate of drug-likeness (QED) is 0.880. The summed E-state index contributed by atoms with van der Waals surface area (Å²) in [4.78, 5) is 0. The van der Waals surface area contributed by atoms with Crippen LogP contribution in [0.2, 0.25) is 0 Å². The molecule has 102 valence electrons. The highest BCUT2D eigenvalue weighted by atomic mass is 19.4. The van der Waals surface area contributed by atoms with E-state index in [0.717, 1.165) is 6.42 Å². The molecular weight excluding hydrogens is 243 g/mol. The Morgan fingerprint density at radius 3 is 2.39 bits per heavy atom. The van der Waals surface area contributed by atoms with Gasteiger partial charge in [-0.1, -0.05) is 32.0 Å². The predicted molar refractivity (Wildman–Crippen MR) is 64.3 cm³/mol. The first-order valence-electron chi connectivity index (χ1n) is 5.87. The number of para-hydroxylation sites is 1. The summed E-state index contributed by atoms with van der Waals surface area (Å²) < 4.78 is 40.6. The Bertz CT molecular complexity index is 377. The minimum atomic E-state index is -4.67. The van der Waals surface area contributed by atoms with Crippen molar-refractivity contribution >= 4 is 0 Å². The third-order valence-corrected chi connectivity index (χ3v) is 2.45. The molecule has 0 fully saturated rings. The van der Waals surface area contributed by atoms with Crippen LogP contribution in [0, 0.1) is 5.92 Å². The number of rotatable bonds is 5. The summed E-state index contributed by atoms with van der Waals surface area (Å²) in [5.41, 5.74) is 6.39. The van der Waals surface area contributed by atoms with Crippen molar-refractivity contribution in [2.24, 2.45) is 11.7 Å². The molecule has 1 aromatic carbocycles. The van der Waals surface area contributed by atoms with E-state index in [4.69, 9.17) is 5.73 Å². The van der Waals surface area contributed by atoms with Crippen LogP contribution in [0.5, 0.6) is 5.75 Å². The molecule has 0 spiro atoms. The third-order valence-electron chi connectivity index (χ3n) is 2.45. The van der Waals surface area contributed by atoms with Crippen LogP contribution < -0.4 is 10.5 Å². The number of benzene rings is 1. The van der Waals surface area contributed by atoms with Gasteiger partial charge in [0.25, 0.3) is 0 Å². The van der Waals surface area contributed by atoms with E-state index < -0.39 is 6.36 Å². The van der Waals surface area contributed by atoms with Gasteiger partial charge in [0.2, 0.25) is 0 Å². The SMILES string of the molecule is CC(C)CC(N)Cc1ccccc1OC(F)(F)F. The van der Waals surface area contributed by atoms with Gasteiger partial charge in [-0.25, -0.2) is 0 Å². The summed E-state index contributed by atoms with van der Waals surface area (Å²) in [7, 11) is 0. The van der Waals surface area contributed by atoms with Crippen LogP contribution in [0.25, 0.3) is 0 Å². The number of hydrogen-bond donors (Lipinski definition) is 1. The highest BCUT2D eigenvalue weighted by molar-refractivity contribution is 5.34. The molecule has 5 heteroatoms. The van der Waals surface area contributed by atoms with Crippen molar-refractivity contribution in [3.63, 3.8) is 0 Å². The number of ether oxygens (including phenoxy) is 1. The third kappa shape index (κ3) is 5.40. The molecule has 18 heavy (non-hydrogen) atoms. The summed E-state index contributed by atoms with van der Waals surface area (Å²) in [5.74, 6) is 0.250. The van der Waals surface area contributed by atoms with Crippen molar-refractivity contribution in [2.45, 2.75) is 39.1 Å². The van der Waals surface area contributed by atoms with Crippen molar-refractivity contribution in [3.8, 4) is 5.75 Å². The van der Waals surface area contributed by atoms with Gasteiger partial charge in [-0.05, 0) is 30.4 Å². The molecule has 1 rings (SSSR count). The molecule has 0 saturated carbocycles. The maximum atomic E-state index is 12.2. The van der Waals surface area contributed by atoms with Gasteiger partial charge in [0.15, 0.2) is 0 Å². The van der Waals surface area contributed by atoms with Crippen molar-refractivity contribution in [1.82, 2.24) is 0 Å². The van der Waals surface area contributed by atoms with E-state index in [1.54, 1.807) is 12.1 Å². The lowest BCUT2D eigenvalue weighted by molar-refractivity contribution is -0.274. The summed E-state index contributed by atoms with van der Waals surface area (Å²) >= 11 is 0. The van der Waals surface area contributed by atoms with Gasteiger partial charge < -0.3 is 10.5 Å². The molecule has 1 unspecified atom stereocenters. The van der Waals surface area contributed by atoms with Crippen LogP contribution in [0.3, 0.4) is 0 Å². The van der Waals surface area contributed by atoms with Crippen LogP contribution in [0.4, 0.5) is 13.2 Å². The van der Waals surface area contributed by atoms with Gasteiger partial charge in [0.1, 0.15) is 5.75 Å². The van der Waals surface area contributed by atoms with E-state index in [-0.39, 0.29) is 11.8 Å². The van der Waals surface area contributed by atoms with Gasteiger partial charge in [0.05, 0.1) is 0 Å². The molecular formula is C13H18F3NO. The lowest BCUT2D eigenvalue weighted by Gasteiger charge is -2.17. The molecule has 0 saturated heterocycles. The van der Waals surface area contributed by atoms with Gasteiger partial charge in [-0.2, -0.15) is 0 Å². The minimum absolute atomic E-state index is 0.163. The number of hydrogen-bond acceptors (Lipinski definition) is 2. The summed E-state index contributed by atoms with van der Waals surface area (Å²) in [6.45, 7) is 4.05. The Kier molecular flexibility index (Phi) is 5.02. The zero-order valence-electron chi connectivity index (χ0n) is 10.5.